The zero-order valence-corrected chi connectivity index (χ0v) is 31.0. The van der Waals surface area contributed by atoms with Crippen molar-refractivity contribution in [2.45, 2.75) is 110 Å². The van der Waals surface area contributed by atoms with E-state index in [1.54, 1.807) is 5.57 Å². The molecule has 45 heavy (non-hydrogen) atoms. The monoisotopic (exact) mass is 646 g/mol. The van der Waals surface area contributed by atoms with Crippen molar-refractivity contribution in [1.82, 2.24) is 0 Å². The number of fused-ring (bicyclic) bond motifs is 2. The minimum absolute atomic E-state index is 0.0440. The van der Waals surface area contributed by atoms with Crippen LogP contribution in [-0.4, -0.2) is 32.5 Å². The quantitative estimate of drug-likeness (QED) is 0.150. The Bertz CT molecular complexity index is 1370. The Balaban J connectivity index is 1.20. The number of benzene rings is 2. The minimum Gasteiger partial charge on any atom is -0.432 e. The summed E-state index contributed by atoms with van der Waals surface area (Å²) in [7, 11) is -3.01. The zero-order valence-electron chi connectivity index (χ0n) is 29.1. The van der Waals surface area contributed by atoms with E-state index in [1.165, 1.54) is 51.4 Å². The van der Waals surface area contributed by atoms with Gasteiger partial charge in [0, 0.05) is 29.3 Å². The Morgan fingerprint density at radius 3 is 2.24 bits per heavy atom. The van der Waals surface area contributed by atoms with E-state index in [0.29, 0.717) is 29.1 Å². The molecule has 4 aliphatic rings. The lowest BCUT2D eigenvalue weighted by atomic mass is 9.61. The second-order valence-corrected chi connectivity index (χ2v) is 24.5. The molecule has 0 radical (unpaired) electrons. The van der Waals surface area contributed by atoms with Gasteiger partial charge in [-0.1, -0.05) is 100 Å². The van der Waals surface area contributed by atoms with Gasteiger partial charge in [-0.2, -0.15) is 0 Å². The number of methoxy groups -OCH3 is 1. The van der Waals surface area contributed by atoms with Gasteiger partial charge in [-0.05, 0) is 111 Å². The third kappa shape index (κ3) is 6.05. The number of hydrogen-bond acceptors (Lipinski definition) is 3. The highest BCUT2D eigenvalue weighted by Crippen LogP contribution is 2.70. The van der Waals surface area contributed by atoms with E-state index in [-0.39, 0.29) is 16.6 Å². The molecule has 5 heteroatoms. The number of ether oxygens (including phenoxy) is 1. The molecule has 0 spiro atoms. The van der Waals surface area contributed by atoms with Gasteiger partial charge in [-0.25, -0.2) is 0 Å². The summed E-state index contributed by atoms with van der Waals surface area (Å²) in [6.07, 6.45) is 14.8. The topological polar surface area (TPSA) is 46.5 Å². The Labute approximate surface area is 275 Å². The second kappa shape index (κ2) is 12.2. The zero-order chi connectivity index (χ0) is 32.3. The van der Waals surface area contributed by atoms with E-state index in [1.807, 2.05) is 43.5 Å². The number of allylic oxidation sites excluding steroid dienone is 1. The van der Waals surface area contributed by atoms with Gasteiger partial charge in [0.2, 0.25) is 0 Å². The Morgan fingerprint density at radius 2 is 1.67 bits per heavy atom. The van der Waals surface area contributed by atoms with Crippen molar-refractivity contribution >= 4 is 26.1 Å². The summed E-state index contributed by atoms with van der Waals surface area (Å²) in [5.74, 6) is 3.04. The maximum atomic E-state index is 15.0. The van der Waals surface area contributed by atoms with Crippen LogP contribution in [0.5, 0.6) is 0 Å². The summed E-state index contributed by atoms with van der Waals surface area (Å²) in [6.45, 7) is 13.8. The Morgan fingerprint density at radius 1 is 1.04 bits per heavy atom. The van der Waals surface area contributed by atoms with Gasteiger partial charge in [0.05, 0.1) is 6.10 Å². The first-order valence-corrected chi connectivity index (χ1v) is 22.7. The Kier molecular flexibility index (Phi) is 9.08. The molecule has 0 aliphatic heterocycles. The highest BCUT2D eigenvalue weighted by Gasteiger charge is 2.64. The first-order chi connectivity index (χ1) is 21.2. The van der Waals surface area contributed by atoms with E-state index in [9.17, 15) is 4.80 Å². The number of hydrogen-bond donors (Lipinski definition) is 1. The summed E-state index contributed by atoms with van der Waals surface area (Å²) >= 11 is 0. The predicted octanol–water partition coefficient (Wildman–Crippen LogP) is 9.58. The molecule has 4 saturated carbocycles. The van der Waals surface area contributed by atoms with Crippen molar-refractivity contribution in [3.63, 3.8) is 0 Å². The van der Waals surface area contributed by atoms with Crippen LogP contribution in [0.3, 0.4) is 0 Å². The van der Waals surface area contributed by atoms with Crippen molar-refractivity contribution in [2.24, 2.45) is 40.4 Å². The van der Waals surface area contributed by atoms with Crippen LogP contribution >= 0.6 is 7.14 Å². The molecule has 2 aromatic rings. The molecule has 0 aromatic heterocycles. The predicted molar refractivity (Wildman–Crippen MR) is 192 cm³/mol. The van der Waals surface area contributed by atoms with Crippen molar-refractivity contribution in [2.75, 3.05) is 13.3 Å². The molecule has 6 rings (SSSR count). The van der Waals surface area contributed by atoms with Gasteiger partial charge in [0.1, 0.15) is 7.14 Å². The molecule has 2 aromatic carbocycles. The van der Waals surface area contributed by atoms with Crippen LogP contribution in [0.15, 0.2) is 72.3 Å². The molecule has 1 N–H and O–H groups in total. The highest BCUT2D eigenvalue weighted by molar-refractivity contribution is 7.78. The van der Waals surface area contributed by atoms with E-state index in [0.717, 1.165) is 29.1 Å². The van der Waals surface area contributed by atoms with Gasteiger partial charge in [-0.3, -0.25) is 0 Å². The van der Waals surface area contributed by atoms with E-state index >= 15 is 4.57 Å². The molecule has 4 aliphatic carbocycles. The van der Waals surface area contributed by atoms with Crippen molar-refractivity contribution < 1.29 is 14.1 Å². The third-order valence-corrected chi connectivity index (χ3v) is 20.7. The fourth-order valence-electron chi connectivity index (χ4n) is 10.7. The summed E-state index contributed by atoms with van der Waals surface area (Å²) in [6, 6.07) is 20.5. The largest absolute Gasteiger partial charge is 0.432 e. The molecule has 0 bridgehead atoms. The highest BCUT2D eigenvalue weighted by atomic mass is 31.2. The van der Waals surface area contributed by atoms with Crippen LogP contribution in [0.4, 0.5) is 0 Å². The molecule has 0 heterocycles. The van der Waals surface area contributed by atoms with Gasteiger partial charge in [0.25, 0.3) is 0 Å². The van der Waals surface area contributed by atoms with Crippen molar-refractivity contribution in [3.8, 4) is 0 Å². The molecule has 3 nitrogen and oxygen atoms in total. The molecule has 6 unspecified atom stereocenters. The summed E-state index contributed by atoms with van der Waals surface area (Å²) in [5, 5.41) is 2.04. The van der Waals surface area contributed by atoms with Gasteiger partial charge in [-0.15, -0.1) is 0 Å². The van der Waals surface area contributed by atoms with Crippen LogP contribution in [0.2, 0.25) is 18.1 Å². The van der Waals surface area contributed by atoms with E-state index in [4.69, 9.17) is 4.74 Å². The van der Waals surface area contributed by atoms with Crippen molar-refractivity contribution in [1.29, 1.82) is 0 Å². The van der Waals surface area contributed by atoms with E-state index in [2.05, 4.69) is 71.1 Å². The second-order valence-electron chi connectivity index (χ2n) is 17.2. The van der Waals surface area contributed by atoms with Crippen LogP contribution in [0, 0.1) is 40.4 Å². The number of rotatable bonds is 11. The third-order valence-electron chi connectivity index (χ3n) is 13.8. The fraction of sp³-hybridized carbons (Fsp3) is 0.650. The maximum Gasteiger partial charge on any atom is 0.188 e. The lowest BCUT2D eigenvalue weighted by molar-refractivity contribution is 0.0643. The minimum atomic E-state index is -2.75. The molecular weight excluding hydrogens is 587 g/mol. The van der Waals surface area contributed by atoms with Crippen LogP contribution in [0.1, 0.15) is 85.5 Å². The summed E-state index contributed by atoms with van der Waals surface area (Å²) in [5.41, 5.74) is 2.22. The maximum absolute atomic E-state index is 15.0. The van der Waals surface area contributed by atoms with Gasteiger partial charge >= 0.3 is 0 Å². The molecule has 0 saturated heterocycles. The lowest BCUT2D eigenvalue weighted by Gasteiger charge is -2.45. The lowest BCUT2D eigenvalue weighted by Crippen LogP contribution is -2.40. The smallest absolute Gasteiger partial charge is 0.188 e. The summed E-state index contributed by atoms with van der Waals surface area (Å²) in [4.78, 5) is 11.0. The van der Waals surface area contributed by atoms with Crippen LogP contribution < -0.4 is 10.6 Å². The van der Waals surface area contributed by atoms with Gasteiger partial charge < -0.3 is 14.1 Å². The fourth-order valence-corrected chi connectivity index (χ4v) is 14.6. The average molecular weight is 647 g/mol. The molecular formula is C40H59O3PSi. The first-order valence-electron chi connectivity index (χ1n) is 17.9. The van der Waals surface area contributed by atoms with Gasteiger partial charge in [0.15, 0.2) is 8.32 Å². The standard InChI is InChI=1S/C40H59O3PSi/c1-29(28-44(41,33-16-10-8-11-17-33)34-18-12-9-13-19-34)35-20-21-36-31(15-14-22-39(35,36)4)24-37(43-5)40-26-30(23-32(40)27-40)25-38(2,3)45(6,7)42/h8-13,16-19,24,29-30,32,35-37,42H,14-15,20-23,25-28H2,1-7H3/b31-24+/t29-,30?,32?,35?,36?,37?,39-,40?/m1/s1. The molecule has 246 valence electrons. The molecule has 8 atom stereocenters. The van der Waals surface area contributed by atoms with Crippen LogP contribution in [0.25, 0.3) is 0 Å². The molecule has 0 amide bonds. The van der Waals surface area contributed by atoms with Crippen molar-refractivity contribution in [3.05, 3.63) is 72.3 Å². The molecule has 4 fully saturated rings. The van der Waals surface area contributed by atoms with Crippen LogP contribution in [-0.2, 0) is 9.30 Å². The average Bonchev–Trinajstić information content (AvgIpc) is 3.37. The summed E-state index contributed by atoms with van der Waals surface area (Å²) < 4.78 is 21.4. The van der Waals surface area contributed by atoms with E-state index < -0.39 is 15.5 Å². The first kappa shape index (κ1) is 33.4. The SMILES string of the molecule is COC(/C=C1\CCC[C@@]2(C)C1CCC2[C@H](C)CP(=O)(c1ccccc1)c1ccccc1)C12CC(CC(C)(C)[Si](C)(C)O)CC1C2. The normalized spacial score (nSPS) is 33.9. The Hall–Kier alpha value is -1.45.